The summed E-state index contributed by atoms with van der Waals surface area (Å²) in [5.74, 6) is 0.457. The van der Waals surface area contributed by atoms with Crippen LogP contribution in [0.15, 0.2) is 12.1 Å². The van der Waals surface area contributed by atoms with Gasteiger partial charge in [-0.2, -0.15) is 0 Å². The van der Waals surface area contributed by atoms with Gasteiger partial charge in [0.2, 0.25) is 5.91 Å². The highest BCUT2D eigenvalue weighted by atomic mass is 35.5. The highest BCUT2D eigenvalue weighted by Gasteiger charge is 2.20. The molecule has 0 aliphatic rings. The number of hydrogen-bond donors (Lipinski definition) is 2. The number of benzene rings is 1. The van der Waals surface area contributed by atoms with Gasteiger partial charge in [-0.05, 0) is 45.0 Å². The molecule has 6 heteroatoms. The molecule has 0 aliphatic heterocycles. The molecule has 0 saturated carbocycles. The van der Waals surface area contributed by atoms with Crippen LogP contribution in [0.1, 0.15) is 27.2 Å². The Morgan fingerprint density at radius 2 is 1.81 bits per heavy atom. The number of anilines is 2. The van der Waals surface area contributed by atoms with Crippen molar-refractivity contribution in [1.29, 1.82) is 0 Å². The Morgan fingerprint density at radius 3 is 2.29 bits per heavy atom. The van der Waals surface area contributed by atoms with E-state index in [1.165, 1.54) is 0 Å². The summed E-state index contributed by atoms with van der Waals surface area (Å²) in [6.45, 7) is 7.03. The fourth-order valence-corrected chi connectivity index (χ4v) is 2.39. The number of nitrogens with zero attached hydrogens (tertiary/aromatic N) is 1. The highest BCUT2D eigenvalue weighted by Crippen LogP contribution is 2.32. The Morgan fingerprint density at radius 1 is 1.29 bits per heavy atom. The van der Waals surface area contributed by atoms with E-state index in [2.05, 4.69) is 19.2 Å². The first-order valence-electron chi connectivity index (χ1n) is 6.98. The number of likely N-dealkylation sites (N-methyl/N-ethyl adjacent to an activating group) is 1. The normalized spacial score (nSPS) is 12.8. The Labute approximate surface area is 136 Å². The molecule has 0 fully saturated rings. The summed E-state index contributed by atoms with van der Waals surface area (Å²) in [4.78, 5) is 14.3. The quantitative estimate of drug-likeness (QED) is 0.777. The van der Waals surface area contributed by atoms with Crippen LogP contribution in [0.3, 0.4) is 0 Å². The molecule has 0 aromatic heterocycles. The molecule has 118 valence electrons. The fraction of sp³-hybridized carbons (Fsp3) is 0.533. The molecule has 21 heavy (non-hydrogen) atoms. The maximum atomic E-state index is 12.3. The van der Waals surface area contributed by atoms with Gasteiger partial charge in [-0.15, -0.1) is 0 Å². The average molecular weight is 332 g/mol. The summed E-state index contributed by atoms with van der Waals surface area (Å²) in [6.07, 6.45) is 1.04. The predicted octanol–water partition coefficient (Wildman–Crippen LogP) is 3.88. The van der Waals surface area contributed by atoms with E-state index in [0.29, 0.717) is 27.3 Å². The largest absolute Gasteiger partial charge is 0.399 e. The van der Waals surface area contributed by atoms with Crippen molar-refractivity contribution in [3.63, 3.8) is 0 Å². The Hall–Kier alpha value is -0.970. The maximum absolute atomic E-state index is 12.3. The number of nitrogen functional groups attached to an aromatic ring is 1. The van der Waals surface area contributed by atoms with E-state index < -0.39 is 0 Å². The number of nitrogens with one attached hydrogen (secondary N) is 1. The van der Waals surface area contributed by atoms with Crippen LogP contribution in [-0.4, -0.2) is 30.4 Å². The lowest BCUT2D eigenvalue weighted by Gasteiger charge is -2.25. The zero-order chi connectivity index (χ0) is 16.2. The molecule has 1 rings (SSSR count). The van der Waals surface area contributed by atoms with Crippen molar-refractivity contribution in [2.24, 2.45) is 5.92 Å². The number of rotatable bonds is 6. The molecule has 1 unspecified atom stereocenters. The Bertz CT molecular complexity index is 483. The molecule has 0 radical (unpaired) electrons. The van der Waals surface area contributed by atoms with Gasteiger partial charge < -0.3 is 11.1 Å². The summed E-state index contributed by atoms with van der Waals surface area (Å²) in [7, 11) is 1.93. The van der Waals surface area contributed by atoms with Gasteiger partial charge in [-0.25, -0.2) is 0 Å². The highest BCUT2D eigenvalue weighted by molar-refractivity contribution is 6.40. The van der Waals surface area contributed by atoms with Crippen LogP contribution in [0, 0.1) is 5.92 Å². The second-order valence-electron chi connectivity index (χ2n) is 5.69. The third kappa shape index (κ3) is 5.38. The topological polar surface area (TPSA) is 58.4 Å². The predicted molar refractivity (Wildman–Crippen MR) is 91.1 cm³/mol. The standard InChI is InChI=1S/C15H23Cl2N3O/c1-9(2)5-6-20(4)10(3)15(21)19-14-12(16)7-11(18)8-13(14)17/h7-10H,5-6,18H2,1-4H3,(H,19,21). The molecule has 1 aromatic carbocycles. The summed E-state index contributed by atoms with van der Waals surface area (Å²) in [6, 6.07) is 2.86. The molecule has 3 N–H and O–H groups in total. The lowest BCUT2D eigenvalue weighted by molar-refractivity contribution is -0.120. The number of carbonyl (C=O) groups is 1. The van der Waals surface area contributed by atoms with E-state index in [4.69, 9.17) is 28.9 Å². The first-order valence-corrected chi connectivity index (χ1v) is 7.73. The van der Waals surface area contributed by atoms with Gasteiger partial charge in [0, 0.05) is 5.69 Å². The van der Waals surface area contributed by atoms with E-state index in [1.54, 1.807) is 12.1 Å². The van der Waals surface area contributed by atoms with Gasteiger partial charge >= 0.3 is 0 Å². The summed E-state index contributed by atoms with van der Waals surface area (Å²) in [5.41, 5.74) is 6.51. The minimum Gasteiger partial charge on any atom is -0.399 e. The number of amides is 1. The molecule has 1 atom stereocenters. The molecule has 1 aromatic rings. The fourth-order valence-electron chi connectivity index (χ4n) is 1.80. The van der Waals surface area contributed by atoms with Crippen molar-refractivity contribution in [1.82, 2.24) is 4.90 Å². The van der Waals surface area contributed by atoms with Crippen LogP contribution < -0.4 is 11.1 Å². The minimum absolute atomic E-state index is 0.144. The molecule has 0 heterocycles. The minimum atomic E-state index is -0.270. The molecular formula is C15H23Cl2N3O. The molecule has 0 saturated heterocycles. The Kier molecular flexibility index (Phi) is 6.78. The van der Waals surface area contributed by atoms with Gasteiger partial charge in [0.05, 0.1) is 21.8 Å². The van der Waals surface area contributed by atoms with Crippen LogP contribution in [0.4, 0.5) is 11.4 Å². The summed E-state index contributed by atoms with van der Waals surface area (Å²) < 4.78 is 0. The van der Waals surface area contributed by atoms with Crippen LogP contribution in [0.2, 0.25) is 10.0 Å². The van der Waals surface area contributed by atoms with E-state index in [-0.39, 0.29) is 11.9 Å². The summed E-state index contributed by atoms with van der Waals surface area (Å²) >= 11 is 12.1. The van der Waals surface area contributed by atoms with Gasteiger partial charge in [0.25, 0.3) is 0 Å². The second kappa shape index (κ2) is 7.87. The van der Waals surface area contributed by atoms with E-state index in [9.17, 15) is 4.79 Å². The van der Waals surface area contributed by atoms with Gasteiger partial charge in [-0.1, -0.05) is 37.0 Å². The number of carbonyl (C=O) groups excluding carboxylic acids is 1. The number of hydrogen-bond acceptors (Lipinski definition) is 3. The van der Waals surface area contributed by atoms with E-state index in [0.717, 1.165) is 13.0 Å². The first-order chi connectivity index (χ1) is 9.72. The van der Waals surface area contributed by atoms with Crippen molar-refractivity contribution < 1.29 is 4.79 Å². The zero-order valence-corrected chi connectivity index (χ0v) is 14.4. The monoisotopic (exact) mass is 331 g/mol. The van der Waals surface area contributed by atoms with Gasteiger partial charge in [0.1, 0.15) is 0 Å². The second-order valence-corrected chi connectivity index (χ2v) is 6.50. The van der Waals surface area contributed by atoms with E-state index >= 15 is 0 Å². The number of nitrogens with two attached hydrogens (primary N) is 1. The third-order valence-electron chi connectivity index (χ3n) is 3.41. The van der Waals surface area contributed by atoms with Crippen molar-refractivity contribution >= 4 is 40.5 Å². The Balaban J connectivity index is 2.72. The van der Waals surface area contributed by atoms with Crippen molar-refractivity contribution in [2.45, 2.75) is 33.2 Å². The zero-order valence-electron chi connectivity index (χ0n) is 12.9. The smallest absolute Gasteiger partial charge is 0.241 e. The lowest BCUT2D eigenvalue weighted by atomic mass is 10.1. The molecule has 0 bridgehead atoms. The molecule has 1 amide bonds. The van der Waals surface area contributed by atoms with Crippen molar-refractivity contribution in [2.75, 3.05) is 24.6 Å². The molecule has 4 nitrogen and oxygen atoms in total. The van der Waals surface area contributed by atoms with E-state index in [1.807, 2.05) is 18.9 Å². The first kappa shape index (κ1) is 18.1. The summed E-state index contributed by atoms with van der Waals surface area (Å²) in [5, 5.41) is 3.45. The van der Waals surface area contributed by atoms with Crippen molar-refractivity contribution in [3.8, 4) is 0 Å². The number of halogens is 2. The van der Waals surface area contributed by atoms with Gasteiger partial charge in [0.15, 0.2) is 0 Å². The molecule has 0 aliphatic carbocycles. The average Bonchev–Trinajstić information content (AvgIpc) is 2.38. The molecule has 0 spiro atoms. The van der Waals surface area contributed by atoms with Crippen LogP contribution in [-0.2, 0) is 4.79 Å². The third-order valence-corrected chi connectivity index (χ3v) is 4.01. The van der Waals surface area contributed by atoms with Crippen LogP contribution in [0.25, 0.3) is 0 Å². The van der Waals surface area contributed by atoms with Crippen LogP contribution in [0.5, 0.6) is 0 Å². The maximum Gasteiger partial charge on any atom is 0.241 e. The molecular weight excluding hydrogens is 309 g/mol. The van der Waals surface area contributed by atoms with Crippen LogP contribution >= 0.6 is 23.2 Å². The van der Waals surface area contributed by atoms with Crippen molar-refractivity contribution in [3.05, 3.63) is 22.2 Å². The SMILES string of the molecule is CC(C)CCN(C)C(C)C(=O)Nc1c(Cl)cc(N)cc1Cl. The van der Waals surface area contributed by atoms with Gasteiger partial charge in [-0.3, -0.25) is 9.69 Å². The lowest BCUT2D eigenvalue weighted by Crippen LogP contribution is -2.40.